The second-order valence-electron chi connectivity index (χ2n) is 5.51. The average Bonchev–Trinajstić information content (AvgIpc) is 2.45. The number of amides is 1. The molecule has 2 rings (SSSR count). The van der Waals surface area contributed by atoms with Crippen LogP contribution in [0.15, 0.2) is 18.5 Å². The summed E-state index contributed by atoms with van der Waals surface area (Å²) in [5.41, 5.74) is 1.65. The maximum absolute atomic E-state index is 11.9. The van der Waals surface area contributed by atoms with Crippen LogP contribution in [-0.4, -0.2) is 67.0 Å². The number of likely N-dealkylation sites (N-methyl/N-ethyl adjacent to an activating group) is 1. The third-order valence-electron chi connectivity index (χ3n) is 3.67. The molecule has 0 radical (unpaired) electrons. The van der Waals surface area contributed by atoms with Crippen LogP contribution in [-0.2, 0) is 0 Å². The Kier molecular flexibility index (Phi) is 5.49. The Bertz CT molecular complexity index is 441. The van der Waals surface area contributed by atoms with Gasteiger partial charge in [0.25, 0.3) is 5.91 Å². The fraction of sp³-hybridized carbons (Fsp3) is 0.600. The smallest absolute Gasteiger partial charge is 0.252 e. The standard InChI is InChI=1S/C15H24N4O/c1-13-10-14(12-16-11-13)15(20)17-4-3-5-19-8-6-18(2)7-9-19/h10-12H,3-9H2,1-2H3,(H,17,20). The summed E-state index contributed by atoms with van der Waals surface area (Å²) in [6, 6.07) is 1.86. The lowest BCUT2D eigenvalue weighted by Gasteiger charge is -2.32. The first-order valence-corrected chi connectivity index (χ1v) is 7.26. The molecule has 0 aromatic carbocycles. The summed E-state index contributed by atoms with van der Waals surface area (Å²) < 4.78 is 0. The van der Waals surface area contributed by atoms with Crippen molar-refractivity contribution in [3.8, 4) is 0 Å². The van der Waals surface area contributed by atoms with E-state index in [1.165, 1.54) is 0 Å². The fourth-order valence-electron chi connectivity index (χ4n) is 2.36. The lowest BCUT2D eigenvalue weighted by atomic mass is 10.2. The Morgan fingerprint density at radius 3 is 2.75 bits per heavy atom. The number of rotatable bonds is 5. The maximum atomic E-state index is 11.9. The summed E-state index contributed by atoms with van der Waals surface area (Å²) in [4.78, 5) is 20.8. The van der Waals surface area contributed by atoms with Crippen molar-refractivity contribution in [2.45, 2.75) is 13.3 Å². The minimum absolute atomic E-state index is 0.0282. The Hall–Kier alpha value is -1.46. The van der Waals surface area contributed by atoms with Crippen molar-refractivity contribution in [1.82, 2.24) is 20.1 Å². The SMILES string of the molecule is Cc1cncc(C(=O)NCCCN2CCN(C)CC2)c1. The molecule has 0 saturated carbocycles. The normalized spacial score (nSPS) is 17.1. The van der Waals surface area contributed by atoms with Gasteiger partial charge in [0.05, 0.1) is 5.56 Å². The molecule has 0 unspecified atom stereocenters. The van der Waals surface area contributed by atoms with Gasteiger partial charge >= 0.3 is 0 Å². The van der Waals surface area contributed by atoms with Gasteiger partial charge in [0.1, 0.15) is 0 Å². The van der Waals surface area contributed by atoms with Crippen molar-refractivity contribution in [1.29, 1.82) is 0 Å². The van der Waals surface area contributed by atoms with Crippen LogP contribution >= 0.6 is 0 Å². The molecule has 5 nitrogen and oxygen atoms in total. The maximum Gasteiger partial charge on any atom is 0.252 e. The molecule has 20 heavy (non-hydrogen) atoms. The Balaban J connectivity index is 1.64. The van der Waals surface area contributed by atoms with Crippen LogP contribution in [0.1, 0.15) is 22.3 Å². The number of pyridine rings is 1. The molecule has 0 spiro atoms. The highest BCUT2D eigenvalue weighted by Crippen LogP contribution is 2.02. The van der Waals surface area contributed by atoms with Crippen molar-refractivity contribution in [3.05, 3.63) is 29.6 Å². The first-order valence-electron chi connectivity index (χ1n) is 7.26. The van der Waals surface area contributed by atoms with Crippen molar-refractivity contribution in [2.24, 2.45) is 0 Å². The second kappa shape index (κ2) is 7.36. The van der Waals surface area contributed by atoms with Crippen LogP contribution in [0.25, 0.3) is 0 Å². The molecule has 0 aliphatic carbocycles. The summed E-state index contributed by atoms with van der Waals surface area (Å²) in [6.07, 6.45) is 4.36. The summed E-state index contributed by atoms with van der Waals surface area (Å²) in [5.74, 6) is -0.0282. The van der Waals surface area contributed by atoms with Gasteiger partial charge in [0, 0.05) is 45.1 Å². The van der Waals surface area contributed by atoms with E-state index in [-0.39, 0.29) is 5.91 Å². The van der Waals surface area contributed by atoms with E-state index < -0.39 is 0 Å². The minimum atomic E-state index is -0.0282. The van der Waals surface area contributed by atoms with Gasteiger partial charge in [0.2, 0.25) is 0 Å². The highest BCUT2D eigenvalue weighted by Gasteiger charge is 2.13. The molecule has 2 heterocycles. The van der Waals surface area contributed by atoms with Gasteiger partial charge < -0.3 is 15.1 Å². The summed E-state index contributed by atoms with van der Waals surface area (Å²) >= 11 is 0. The van der Waals surface area contributed by atoms with E-state index in [1.807, 2.05) is 13.0 Å². The molecule has 1 fully saturated rings. The minimum Gasteiger partial charge on any atom is -0.352 e. The zero-order valence-corrected chi connectivity index (χ0v) is 12.4. The molecular formula is C15H24N4O. The van der Waals surface area contributed by atoms with E-state index in [9.17, 15) is 4.79 Å². The quantitative estimate of drug-likeness (QED) is 0.807. The number of aryl methyl sites for hydroxylation is 1. The zero-order valence-electron chi connectivity index (χ0n) is 12.4. The number of nitrogens with zero attached hydrogens (tertiary/aromatic N) is 3. The molecule has 1 saturated heterocycles. The molecule has 5 heteroatoms. The summed E-state index contributed by atoms with van der Waals surface area (Å²) in [6.45, 7) is 8.26. The second-order valence-corrected chi connectivity index (χ2v) is 5.51. The van der Waals surface area contributed by atoms with Gasteiger partial charge in [-0.1, -0.05) is 0 Å². The van der Waals surface area contributed by atoms with Gasteiger partial charge in [-0.05, 0) is 38.6 Å². The van der Waals surface area contributed by atoms with Gasteiger partial charge in [-0.15, -0.1) is 0 Å². The molecule has 110 valence electrons. The Labute approximate surface area is 121 Å². The Morgan fingerprint density at radius 1 is 1.30 bits per heavy atom. The van der Waals surface area contributed by atoms with Crippen molar-refractivity contribution in [3.63, 3.8) is 0 Å². The molecule has 1 amide bonds. The average molecular weight is 276 g/mol. The summed E-state index contributed by atoms with van der Waals surface area (Å²) in [7, 11) is 2.16. The molecule has 1 aromatic rings. The molecule has 1 aromatic heterocycles. The molecular weight excluding hydrogens is 252 g/mol. The number of hydrogen-bond donors (Lipinski definition) is 1. The topological polar surface area (TPSA) is 48.5 Å². The van der Waals surface area contributed by atoms with Crippen molar-refractivity contribution >= 4 is 5.91 Å². The van der Waals surface area contributed by atoms with E-state index in [0.29, 0.717) is 5.56 Å². The fourth-order valence-corrected chi connectivity index (χ4v) is 2.36. The van der Waals surface area contributed by atoms with Crippen molar-refractivity contribution < 1.29 is 4.79 Å². The number of aromatic nitrogens is 1. The predicted octanol–water partition coefficient (Wildman–Crippen LogP) is 0.757. The van der Waals surface area contributed by atoms with Gasteiger partial charge in [-0.25, -0.2) is 0 Å². The van der Waals surface area contributed by atoms with Crippen LogP contribution in [0, 0.1) is 6.92 Å². The van der Waals surface area contributed by atoms with E-state index in [1.54, 1.807) is 12.4 Å². The molecule has 1 aliphatic heterocycles. The lowest BCUT2D eigenvalue weighted by Crippen LogP contribution is -2.45. The lowest BCUT2D eigenvalue weighted by molar-refractivity contribution is 0.0949. The zero-order chi connectivity index (χ0) is 14.4. The van der Waals surface area contributed by atoms with Crippen LogP contribution in [0.4, 0.5) is 0 Å². The third kappa shape index (κ3) is 4.58. The van der Waals surface area contributed by atoms with Crippen LogP contribution in [0.2, 0.25) is 0 Å². The highest BCUT2D eigenvalue weighted by atomic mass is 16.1. The molecule has 1 N–H and O–H groups in total. The summed E-state index contributed by atoms with van der Waals surface area (Å²) in [5, 5.41) is 2.96. The van der Waals surface area contributed by atoms with E-state index in [0.717, 1.165) is 51.3 Å². The van der Waals surface area contributed by atoms with Gasteiger partial charge in [-0.2, -0.15) is 0 Å². The third-order valence-corrected chi connectivity index (χ3v) is 3.67. The van der Waals surface area contributed by atoms with E-state index >= 15 is 0 Å². The first kappa shape index (κ1) is 14.9. The largest absolute Gasteiger partial charge is 0.352 e. The number of piperazine rings is 1. The first-order chi connectivity index (χ1) is 9.65. The van der Waals surface area contributed by atoms with Crippen LogP contribution in [0.5, 0.6) is 0 Å². The highest BCUT2D eigenvalue weighted by molar-refractivity contribution is 5.93. The van der Waals surface area contributed by atoms with E-state index in [2.05, 4.69) is 27.1 Å². The van der Waals surface area contributed by atoms with Gasteiger partial charge in [-0.3, -0.25) is 9.78 Å². The van der Waals surface area contributed by atoms with Gasteiger partial charge in [0.15, 0.2) is 0 Å². The number of carbonyl (C=O) groups is 1. The van der Waals surface area contributed by atoms with Crippen LogP contribution in [0.3, 0.4) is 0 Å². The van der Waals surface area contributed by atoms with Crippen LogP contribution < -0.4 is 5.32 Å². The number of nitrogens with one attached hydrogen (secondary N) is 1. The van der Waals surface area contributed by atoms with E-state index in [4.69, 9.17) is 0 Å². The number of carbonyl (C=O) groups excluding carboxylic acids is 1. The Morgan fingerprint density at radius 2 is 2.05 bits per heavy atom. The molecule has 0 bridgehead atoms. The number of hydrogen-bond acceptors (Lipinski definition) is 4. The van der Waals surface area contributed by atoms with Crippen molar-refractivity contribution in [2.75, 3.05) is 46.3 Å². The monoisotopic (exact) mass is 276 g/mol. The predicted molar refractivity (Wildman–Crippen MR) is 79.9 cm³/mol. The molecule has 0 atom stereocenters. The molecule has 1 aliphatic rings.